The quantitative estimate of drug-likeness (QED) is 0.760. The van der Waals surface area contributed by atoms with Crippen LogP contribution < -0.4 is 0 Å². The van der Waals surface area contributed by atoms with Gasteiger partial charge in [0.1, 0.15) is 0 Å². The molecule has 16 heavy (non-hydrogen) atoms. The minimum Gasteiger partial charge on any atom is -0.356 e. The first-order chi connectivity index (χ1) is 7.84. The molecule has 0 bridgehead atoms. The molecule has 0 unspecified atom stereocenters. The van der Waals surface area contributed by atoms with Gasteiger partial charge in [0.2, 0.25) is 0 Å². The summed E-state index contributed by atoms with van der Waals surface area (Å²) in [7, 11) is 0. The van der Waals surface area contributed by atoms with Gasteiger partial charge in [-0.1, -0.05) is 40.3 Å². The first-order valence-electron chi connectivity index (χ1n) is 5.89. The number of fused-ring (bicyclic) bond motifs is 1. The van der Waals surface area contributed by atoms with Gasteiger partial charge in [-0.25, -0.2) is 0 Å². The maximum absolute atomic E-state index is 5.39. The fraction of sp³-hybridized carbons (Fsp3) is 0.462. The summed E-state index contributed by atoms with van der Waals surface area (Å²) in [6.07, 6.45) is 6.54. The van der Waals surface area contributed by atoms with E-state index >= 15 is 0 Å². The van der Waals surface area contributed by atoms with Crippen molar-refractivity contribution in [2.45, 2.75) is 38.0 Å². The van der Waals surface area contributed by atoms with Crippen LogP contribution in [0.1, 0.15) is 43.7 Å². The summed E-state index contributed by atoms with van der Waals surface area (Å²) in [6, 6.07) is 6.10. The van der Waals surface area contributed by atoms with Crippen LogP contribution >= 0.6 is 15.9 Å². The van der Waals surface area contributed by atoms with Gasteiger partial charge >= 0.3 is 0 Å². The Morgan fingerprint density at radius 2 is 2.00 bits per heavy atom. The topological polar surface area (TPSA) is 26.0 Å². The molecule has 3 heteroatoms. The maximum Gasteiger partial charge on any atom is 0.167 e. The van der Waals surface area contributed by atoms with Crippen LogP contribution in [0.3, 0.4) is 0 Å². The van der Waals surface area contributed by atoms with E-state index in [1.807, 2.05) is 12.1 Å². The molecule has 0 saturated heterocycles. The highest BCUT2D eigenvalue weighted by atomic mass is 79.9. The van der Waals surface area contributed by atoms with Crippen molar-refractivity contribution in [1.29, 1.82) is 0 Å². The van der Waals surface area contributed by atoms with Crippen molar-refractivity contribution in [1.82, 2.24) is 5.16 Å². The van der Waals surface area contributed by atoms with Gasteiger partial charge in [-0.05, 0) is 31.0 Å². The normalized spacial score (nSPS) is 18.1. The summed E-state index contributed by atoms with van der Waals surface area (Å²) in [5.74, 6) is 0.601. The Kier molecular flexibility index (Phi) is 2.72. The number of halogens is 1. The maximum atomic E-state index is 5.39. The van der Waals surface area contributed by atoms with Crippen molar-refractivity contribution in [3.63, 3.8) is 0 Å². The fourth-order valence-corrected chi connectivity index (χ4v) is 2.96. The standard InChI is InChI=1S/C13H14BrNO/c14-10-6-7-12-11(8-10)13(15-16-12)9-4-2-1-3-5-9/h6-9H,1-5H2. The Bertz CT molecular complexity index is 500. The van der Waals surface area contributed by atoms with E-state index in [2.05, 4.69) is 27.2 Å². The second kappa shape index (κ2) is 4.21. The molecule has 1 aliphatic rings. The molecule has 1 heterocycles. The summed E-state index contributed by atoms with van der Waals surface area (Å²) >= 11 is 3.51. The van der Waals surface area contributed by atoms with E-state index in [0.717, 1.165) is 15.7 Å². The summed E-state index contributed by atoms with van der Waals surface area (Å²) in [6.45, 7) is 0. The van der Waals surface area contributed by atoms with Gasteiger partial charge < -0.3 is 4.52 Å². The fourth-order valence-electron chi connectivity index (χ4n) is 2.60. The summed E-state index contributed by atoms with van der Waals surface area (Å²) in [4.78, 5) is 0. The van der Waals surface area contributed by atoms with Crippen molar-refractivity contribution < 1.29 is 4.52 Å². The van der Waals surface area contributed by atoms with Gasteiger partial charge in [-0.3, -0.25) is 0 Å². The molecule has 1 aromatic heterocycles. The van der Waals surface area contributed by atoms with Crippen molar-refractivity contribution in [3.05, 3.63) is 28.4 Å². The van der Waals surface area contributed by atoms with Crippen molar-refractivity contribution in [2.75, 3.05) is 0 Å². The largest absolute Gasteiger partial charge is 0.356 e. The van der Waals surface area contributed by atoms with E-state index < -0.39 is 0 Å². The zero-order chi connectivity index (χ0) is 11.0. The second-order valence-electron chi connectivity index (χ2n) is 4.54. The minimum absolute atomic E-state index is 0.601. The number of aromatic nitrogens is 1. The van der Waals surface area contributed by atoms with E-state index in [0.29, 0.717) is 5.92 Å². The highest BCUT2D eigenvalue weighted by molar-refractivity contribution is 9.10. The third kappa shape index (κ3) is 1.77. The highest BCUT2D eigenvalue weighted by Crippen LogP contribution is 2.36. The molecule has 1 fully saturated rings. The van der Waals surface area contributed by atoms with E-state index in [-0.39, 0.29) is 0 Å². The van der Waals surface area contributed by atoms with Crippen LogP contribution in [-0.4, -0.2) is 5.16 Å². The molecule has 1 aliphatic carbocycles. The lowest BCUT2D eigenvalue weighted by Crippen LogP contribution is -2.04. The number of benzene rings is 1. The van der Waals surface area contributed by atoms with Crippen LogP contribution in [0.25, 0.3) is 11.0 Å². The number of hydrogen-bond acceptors (Lipinski definition) is 2. The summed E-state index contributed by atoms with van der Waals surface area (Å²) in [5.41, 5.74) is 2.07. The molecule has 0 aliphatic heterocycles. The van der Waals surface area contributed by atoms with Crippen LogP contribution in [0.2, 0.25) is 0 Å². The number of nitrogens with zero attached hydrogens (tertiary/aromatic N) is 1. The third-order valence-electron chi connectivity index (χ3n) is 3.45. The smallest absolute Gasteiger partial charge is 0.167 e. The SMILES string of the molecule is Brc1ccc2onc(C3CCCCC3)c2c1. The van der Waals surface area contributed by atoms with E-state index in [1.165, 1.54) is 37.5 Å². The van der Waals surface area contributed by atoms with E-state index in [4.69, 9.17) is 4.52 Å². The molecule has 1 aromatic carbocycles. The second-order valence-corrected chi connectivity index (χ2v) is 5.46. The molecule has 1 saturated carbocycles. The van der Waals surface area contributed by atoms with Gasteiger partial charge in [-0.15, -0.1) is 0 Å². The Morgan fingerprint density at radius 1 is 1.19 bits per heavy atom. The van der Waals surface area contributed by atoms with Gasteiger partial charge in [0.25, 0.3) is 0 Å². The molecular weight excluding hydrogens is 266 g/mol. The Hall–Kier alpha value is -0.830. The van der Waals surface area contributed by atoms with Crippen LogP contribution in [0.4, 0.5) is 0 Å². The molecule has 84 valence electrons. The molecule has 0 radical (unpaired) electrons. The minimum atomic E-state index is 0.601. The summed E-state index contributed by atoms with van der Waals surface area (Å²) in [5, 5.41) is 5.45. The Balaban J connectivity index is 2.05. The van der Waals surface area contributed by atoms with Crippen LogP contribution in [0.15, 0.2) is 27.2 Å². The zero-order valence-electron chi connectivity index (χ0n) is 9.08. The number of rotatable bonds is 1. The molecule has 2 nitrogen and oxygen atoms in total. The third-order valence-corrected chi connectivity index (χ3v) is 3.95. The number of hydrogen-bond donors (Lipinski definition) is 0. The van der Waals surface area contributed by atoms with Crippen LogP contribution in [0, 0.1) is 0 Å². The molecule has 0 amide bonds. The van der Waals surface area contributed by atoms with Crippen molar-refractivity contribution in [3.8, 4) is 0 Å². The molecule has 3 rings (SSSR count). The van der Waals surface area contributed by atoms with Crippen molar-refractivity contribution in [2.24, 2.45) is 0 Å². The molecule has 0 spiro atoms. The Morgan fingerprint density at radius 3 is 2.81 bits per heavy atom. The molecule has 0 N–H and O–H groups in total. The highest BCUT2D eigenvalue weighted by Gasteiger charge is 2.21. The Labute approximate surface area is 103 Å². The van der Waals surface area contributed by atoms with Gasteiger partial charge in [-0.2, -0.15) is 0 Å². The lowest BCUT2D eigenvalue weighted by atomic mass is 9.86. The average molecular weight is 280 g/mol. The lowest BCUT2D eigenvalue weighted by molar-refractivity contribution is 0.396. The molecule has 2 aromatic rings. The lowest BCUT2D eigenvalue weighted by Gasteiger charge is -2.19. The summed E-state index contributed by atoms with van der Waals surface area (Å²) < 4.78 is 6.48. The van der Waals surface area contributed by atoms with Crippen molar-refractivity contribution >= 4 is 26.9 Å². The van der Waals surface area contributed by atoms with E-state index in [1.54, 1.807) is 0 Å². The van der Waals surface area contributed by atoms with E-state index in [9.17, 15) is 0 Å². The van der Waals surface area contributed by atoms with Crippen LogP contribution in [-0.2, 0) is 0 Å². The van der Waals surface area contributed by atoms with Crippen LogP contribution in [0.5, 0.6) is 0 Å². The van der Waals surface area contributed by atoms with Gasteiger partial charge in [0, 0.05) is 15.8 Å². The predicted molar refractivity (Wildman–Crippen MR) is 67.5 cm³/mol. The monoisotopic (exact) mass is 279 g/mol. The average Bonchev–Trinajstić information content (AvgIpc) is 2.73. The zero-order valence-corrected chi connectivity index (χ0v) is 10.7. The molecular formula is C13H14BrNO. The molecule has 0 atom stereocenters. The first kappa shape index (κ1) is 10.3. The predicted octanol–water partition coefficient (Wildman–Crippen LogP) is 4.64. The first-order valence-corrected chi connectivity index (χ1v) is 6.69. The van der Waals surface area contributed by atoms with Gasteiger partial charge in [0.15, 0.2) is 5.58 Å². The van der Waals surface area contributed by atoms with Gasteiger partial charge in [0.05, 0.1) is 5.69 Å².